The van der Waals surface area contributed by atoms with Crippen LogP contribution >= 0.6 is 0 Å². The van der Waals surface area contributed by atoms with Crippen LogP contribution in [0.5, 0.6) is 5.75 Å². The highest BCUT2D eigenvalue weighted by atomic mass is 16.5. The lowest BCUT2D eigenvalue weighted by atomic mass is 10.1. The molecule has 2 aromatic rings. The molecule has 0 aromatic heterocycles. The van der Waals surface area contributed by atoms with E-state index in [1.807, 2.05) is 24.3 Å². The maximum atomic E-state index is 5.40. The van der Waals surface area contributed by atoms with Crippen LogP contribution in [0.1, 0.15) is 17.2 Å². The molecular weight excluding hydrogens is 324 g/mol. The van der Waals surface area contributed by atoms with Crippen molar-refractivity contribution in [2.75, 3.05) is 41.3 Å². The Hall–Kier alpha value is -2.53. The Labute approximate surface area is 157 Å². The van der Waals surface area contributed by atoms with Crippen LogP contribution in [0.2, 0.25) is 0 Å². The summed E-state index contributed by atoms with van der Waals surface area (Å²) in [6, 6.07) is 18.9. The molecule has 26 heavy (non-hydrogen) atoms. The Morgan fingerprint density at radius 1 is 1.04 bits per heavy atom. The molecule has 0 aliphatic carbocycles. The maximum absolute atomic E-state index is 5.40. The Bertz CT molecular complexity index is 685. The van der Waals surface area contributed by atoms with Gasteiger partial charge in [-0.25, -0.2) is 0 Å². The summed E-state index contributed by atoms with van der Waals surface area (Å²) in [6.45, 7) is 1.57. The lowest BCUT2D eigenvalue weighted by Gasteiger charge is -2.26. The molecule has 0 saturated carbocycles. The standard InChI is InChI=1S/C21H30N4O/c1-22-21(23-15-14-18-12-8-9-13-20(18)26-4)24-16-19(25(2)3)17-10-6-5-7-11-17/h5-13,19H,14-16H2,1-4H3,(H2,22,23,24). The molecule has 2 aromatic carbocycles. The molecule has 2 N–H and O–H groups in total. The number of methoxy groups -OCH3 is 1. The van der Waals surface area contributed by atoms with Gasteiger partial charge in [0.1, 0.15) is 5.75 Å². The van der Waals surface area contributed by atoms with Crippen LogP contribution < -0.4 is 15.4 Å². The lowest BCUT2D eigenvalue weighted by Crippen LogP contribution is -2.42. The van der Waals surface area contributed by atoms with Crippen LogP contribution in [0.15, 0.2) is 59.6 Å². The number of ether oxygens (including phenoxy) is 1. The zero-order valence-electron chi connectivity index (χ0n) is 16.2. The van der Waals surface area contributed by atoms with E-state index in [9.17, 15) is 0 Å². The van der Waals surface area contributed by atoms with Gasteiger partial charge in [0, 0.05) is 20.1 Å². The average Bonchev–Trinajstić information content (AvgIpc) is 2.67. The number of rotatable bonds is 8. The number of hydrogen-bond donors (Lipinski definition) is 2. The van der Waals surface area contributed by atoms with Gasteiger partial charge in [0.2, 0.25) is 0 Å². The number of hydrogen-bond acceptors (Lipinski definition) is 3. The summed E-state index contributed by atoms with van der Waals surface area (Å²) >= 11 is 0. The van der Waals surface area contributed by atoms with Gasteiger partial charge >= 0.3 is 0 Å². The second-order valence-electron chi connectivity index (χ2n) is 6.33. The van der Waals surface area contributed by atoms with E-state index in [-0.39, 0.29) is 6.04 Å². The molecule has 0 aliphatic heterocycles. The highest BCUT2D eigenvalue weighted by Crippen LogP contribution is 2.18. The smallest absolute Gasteiger partial charge is 0.191 e. The largest absolute Gasteiger partial charge is 0.496 e. The van der Waals surface area contributed by atoms with Gasteiger partial charge in [0.25, 0.3) is 0 Å². The minimum Gasteiger partial charge on any atom is -0.496 e. The normalized spacial score (nSPS) is 12.7. The van der Waals surface area contributed by atoms with Crippen LogP contribution in [0.25, 0.3) is 0 Å². The fraction of sp³-hybridized carbons (Fsp3) is 0.381. The molecular formula is C21H30N4O. The summed E-state index contributed by atoms with van der Waals surface area (Å²) in [5.41, 5.74) is 2.47. The molecule has 1 unspecified atom stereocenters. The fourth-order valence-corrected chi connectivity index (χ4v) is 2.91. The molecule has 0 fully saturated rings. The Morgan fingerprint density at radius 3 is 2.38 bits per heavy atom. The van der Waals surface area contributed by atoms with Crippen molar-refractivity contribution in [3.05, 3.63) is 65.7 Å². The van der Waals surface area contributed by atoms with Crippen molar-refractivity contribution in [3.63, 3.8) is 0 Å². The molecule has 5 heteroatoms. The molecule has 1 atom stereocenters. The molecule has 0 amide bonds. The van der Waals surface area contributed by atoms with Gasteiger partial charge in [-0.3, -0.25) is 4.99 Å². The minimum absolute atomic E-state index is 0.281. The first kappa shape index (κ1) is 19.8. The molecule has 0 heterocycles. The predicted molar refractivity (Wildman–Crippen MR) is 109 cm³/mol. The van der Waals surface area contributed by atoms with Gasteiger partial charge in [0.05, 0.1) is 13.2 Å². The van der Waals surface area contributed by atoms with Crippen molar-refractivity contribution in [1.29, 1.82) is 0 Å². The number of nitrogens with zero attached hydrogens (tertiary/aromatic N) is 2. The molecule has 2 rings (SSSR count). The monoisotopic (exact) mass is 354 g/mol. The van der Waals surface area contributed by atoms with Crippen LogP contribution in [0.4, 0.5) is 0 Å². The van der Waals surface area contributed by atoms with E-state index >= 15 is 0 Å². The van der Waals surface area contributed by atoms with Gasteiger partial charge in [-0.05, 0) is 37.7 Å². The zero-order chi connectivity index (χ0) is 18.8. The van der Waals surface area contributed by atoms with E-state index in [1.54, 1.807) is 14.2 Å². The van der Waals surface area contributed by atoms with Crippen LogP contribution in [0, 0.1) is 0 Å². The SMILES string of the molecule is CN=C(NCCc1ccccc1OC)NCC(c1ccccc1)N(C)C. The van der Waals surface area contributed by atoms with Crippen molar-refractivity contribution in [1.82, 2.24) is 15.5 Å². The van der Waals surface area contributed by atoms with Gasteiger partial charge in [-0.2, -0.15) is 0 Å². The molecule has 0 spiro atoms. The molecule has 0 radical (unpaired) electrons. The summed E-state index contributed by atoms with van der Waals surface area (Å²) < 4.78 is 5.40. The van der Waals surface area contributed by atoms with Crippen LogP contribution in [-0.4, -0.2) is 52.2 Å². The highest BCUT2D eigenvalue weighted by molar-refractivity contribution is 5.79. The average molecular weight is 354 g/mol. The molecule has 140 valence electrons. The molecule has 5 nitrogen and oxygen atoms in total. The van der Waals surface area contributed by atoms with Gasteiger partial charge in [-0.15, -0.1) is 0 Å². The van der Waals surface area contributed by atoms with E-state index in [0.717, 1.165) is 31.2 Å². The van der Waals surface area contributed by atoms with Crippen molar-refractivity contribution >= 4 is 5.96 Å². The maximum Gasteiger partial charge on any atom is 0.191 e. The van der Waals surface area contributed by atoms with E-state index in [1.165, 1.54) is 11.1 Å². The second kappa shape index (κ2) is 10.5. The first-order valence-corrected chi connectivity index (χ1v) is 8.93. The van der Waals surface area contributed by atoms with Crippen LogP contribution in [-0.2, 0) is 6.42 Å². The Morgan fingerprint density at radius 2 is 1.73 bits per heavy atom. The third-order valence-electron chi connectivity index (χ3n) is 4.37. The van der Waals surface area contributed by atoms with E-state index in [4.69, 9.17) is 4.74 Å². The van der Waals surface area contributed by atoms with E-state index < -0.39 is 0 Å². The van der Waals surface area contributed by atoms with Gasteiger partial charge in [0.15, 0.2) is 5.96 Å². The number of nitrogens with one attached hydrogen (secondary N) is 2. The van der Waals surface area contributed by atoms with Crippen molar-refractivity contribution in [3.8, 4) is 5.75 Å². The quantitative estimate of drug-likeness (QED) is 0.565. The second-order valence-corrected chi connectivity index (χ2v) is 6.33. The fourth-order valence-electron chi connectivity index (χ4n) is 2.91. The van der Waals surface area contributed by atoms with Crippen molar-refractivity contribution in [2.24, 2.45) is 4.99 Å². The van der Waals surface area contributed by atoms with Crippen LogP contribution in [0.3, 0.4) is 0 Å². The first-order chi connectivity index (χ1) is 12.7. The number of para-hydroxylation sites is 1. The van der Waals surface area contributed by atoms with E-state index in [0.29, 0.717) is 0 Å². The van der Waals surface area contributed by atoms with E-state index in [2.05, 4.69) is 65.0 Å². The summed E-state index contributed by atoms with van der Waals surface area (Å²) in [5, 5.41) is 6.81. The predicted octanol–water partition coefficient (Wildman–Crippen LogP) is 2.71. The summed E-state index contributed by atoms with van der Waals surface area (Å²) in [6.07, 6.45) is 0.876. The third-order valence-corrected chi connectivity index (χ3v) is 4.37. The molecule has 0 bridgehead atoms. The van der Waals surface area contributed by atoms with Crippen molar-refractivity contribution in [2.45, 2.75) is 12.5 Å². The number of likely N-dealkylation sites (N-methyl/N-ethyl adjacent to an activating group) is 1. The Kier molecular flexibility index (Phi) is 7.96. The first-order valence-electron chi connectivity index (χ1n) is 8.93. The topological polar surface area (TPSA) is 48.9 Å². The highest BCUT2D eigenvalue weighted by Gasteiger charge is 2.14. The lowest BCUT2D eigenvalue weighted by molar-refractivity contribution is 0.298. The van der Waals surface area contributed by atoms with Crippen molar-refractivity contribution < 1.29 is 4.74 Å². The molecule has 0 saturated heterocycles. The number of aliphatic imine (C=N–C) groups is 1. The summed E-state index contributed by atoms with van der Waals surface area (Å²) in [4.78, 5) is 6.54. The minimum atomic E-state index is 0.281. The Balaban J connectivity index is 1.87. The van der Waals surface area contributed by atoms with Gasteiger partial charge < -0.3 is 20.3 Å². The zero-order valence-corrected chi connectivity index (χ0v) is 16.2. The summed E-state index contributed by atoms with van der Waals surface area (Å²) in [7, 11) is 7.69. The number of guanidine groups is 1. The number of benzene rings is 2. The third kappa shape index (κ3) is 5.77. The molecule has 0 aliphatic rings. The van der Waals surface area contributed by atoms with Gasteiger partial charge in [-0.1, -0.05) is 48.5 Å². The summed E-state index contributed by atoms with van der Waals surface area (Å²) in [5.74, 6) is 1.73.